The highest BCUT2D eigenvalue weighted by Crippen LogP contribution is 2.37. The number of nitrogens with one attached hydrogen (secondary N) is 1. The van der Waals surface area contributed by atoms with Crippen LogP contribution in [-0.2, 0) is 14.4 Å². The van der Waals surface area contributed by atoms with Gasteiger partial charge in [0.2, 0.25) is 17.7 Å². The maximum absolute atomic E-state index is 12.4. The smallest absolute Gasteiger partial charge is 0.244 e. The van der Waals surface area contributed by atoms with Crippen molar-refractivity contribution in [1.29, 1.82) is 0 Å². The highest BCUT2D eigenvalue weighted by molar-refractivity contribution is 9.10. The minimum atomic E-state index is -0.341. The topological polar surface area (TPSA) is 66.5 Å². The van der Waals surface area contributed by atoms with Gasteiger partial charge in [-0.05, 0) is 43.5 Å². The fraction of sp³-hybridized carbons (Fsp3) is 0.471. The van der Waals surface area contributed by atoms with Gasteiger partial charge < -0.3 is 5.32 Å². The molecular weight excluding hydrogens is 360 g/mol. The van der Waals surface area contributed by atoms with E-state index in [1.54, 1.807) is 6.07 Å². The predicted octanol–water partition coefficient (Wildman–Crippen LogP) is 2.87. The SMILES string of the molecule is Cc1cc(NC(=O)CN2C(=O)[C@H]3CCCC[C@H]3C2=O)ccc1Br. The van der Waals surface area contributed by atoms with Crippen molar-refractivity contribution in [3.63, 3.8) is 0 Å². The molecule has 0 unspecified atom stereocenters. The van der Waals surface area contributed by atoms with E-state index in [4.69, 9.17) is 0 Å². The standard InChI is InChI=1S/C17H19BrN2O3/c1-10-8-11(6-7-14(10)18)19-15(21)9-20-16(22)12-4-2-3-5-13(12)17(20)23/h6-8,12-13H,2-5,9H2,1H3,(H,19,21)/t12-,13+. The van der Waals surface area contributed by atoms with Crippen LogP contribution in [0.1, 0.15) is 31.2 Å². The summed E-state index contributed by atoms with van der Waals surface area (Å²) >= 11 is 3.41. The van der Waals surface area contributed by atoms with Gasteiger partial charge in [-0.3, -0.25) is 19.3 Å². The van der Waals surface area contributed by atoms with Crippen molar-refractivity contribution >= 4 is 39.3 Å². The molecule has 6 heteroatoms. The van der Waals surface area contributed by atoms with Gasteiger partial charge in [0, 0.05) is 10.2 Å². The number of halogens is 1. The predicted molar refractivity (Wildman–Crippen MR) is 89.7 cm³/mol. The fourth-order valence-electron chi connectivity index (χ4n) is 3.45. The maximum atomic E-state index is 12.4. The second-order valence-electron chi connectivity index (χ2n) is 6.27. The van der Waals surface area contributed by atoms with E-state index < -0.39 is 0 Å². The zero-order chi connectivity index (χ0) is 16.6. The molecule has 2 aliphatic rings. The Hall–Kier alpha value is -1.69. The van der Waals surface area contributed by atoms with E-state index in [2.05, 4.69) is 21.2 Å². The number of amides is 3. The van der Waals surface area contributed by atoms with E-state index in [1.807, 2.05) is 19.1 Å². The van der Waals surface area contributed by atoms with Gasteiger partial charge >= 0.3 is 0 Å². The number of aryl methyl sites for hydroxylation is 1. The Labute approximate surface area is 143 Å². The lowest BCUT2D eigenvalue weighted by Crippen LogP contribution is -2.38. The van der Waals surface area contributed by atoms with E-state index in [0.29, 0.717) is 5.69 Å². The van der Waals surface area contributed by atoms with Gasteiger partial charge in [0.1, 0.15) is 6.54 Å². The summed E-state index contributed by atoms with van der Waals surface area (Å²) in [6.45, 7) is 1.73. The third-order valence-corrected chi connectivity index (χ3v) is 5.57. The summed E-state index contributed by atoms with van der Waals surface area (Å²) in [6.07, 6.45) is 3.50. The molecule has 1 heterocycles. The number of rotatable bonds is 3. The first-order chi connectivity index (χ1) is 11.0. The molecule has 23 heavy (non-hydrogen) atoms. The molecule has 0 aromatic heterocycles. The molecular formula is C17H19BrN2O3. The Kier molecular flexibility index (Phi) is 4.53. The van der Waals surface area contributed by atoms with Crippen molar-refractivity contribution in [3.05, 3.63) is 28.2 Å². The molecule has 2 atom stereocenters. The van der Waals surface area contributed by atoms with Crippen molar-refractivity contribution in [2.24, 2.45) is 11.8 Å². The van der Waals surface area contributed by atoms with Gasteiger partial charge in [0.15, 0.2) is 0 Å². The van der Waals surface area contributed by atoms with Crippen LogP contribution in [0.25, 0.3) is 0 Å². The summed E-state index contributed by atoms with van der Waals surface area (Å²) in [5.41, 5.74) is 1.66. The number of imide groups is 1. The Morgan fingerprint density at radius 1 is 1.22 bits per heavy atom. The van der Waals surface area contributed by atoms with Gasteiger partial charge in [-0.15, -0.1) is 0 Å². The monoisotopic (exact) mass is 378 g/mol. The summed E-state index contributed by atoms with van der Waals surface area (Å²) in [5, 5.41) is 2.75. The average molecular weight is 379 g/mol. The number of carbonyl (C=O) groups excluding carboxylic acids is 3. The summed E-state index contributed by atoms with van der Waals surface area (Å²) in [4.78, 5) is 38.0. The van der Waals surface area contributed by atoms with Crippen LogP contribution in [0.3, 0.4) is 0 Å². The molecule has 3 rings (SSSR count). The van der Waals surface area contributed by atoms with Crippen molar-refractivity contribution in [2.75, 3.05) is 11.9 Å². The number of benzene rings is 1. The van der Waals surface area contributed by atoms with Crippen LogP contribution < -0.4 is 5.32 Å². The van der Waals surface area contributed by atoms with Crippen LogP contribution >= 0.6 is 15.9 Å². The number of fused-ring (bicyclic) bond motifs is 1. The lowest BCUT2D eigenvalue weighted by molar-refractivity contribution is -0.142. The second kappa shape index (κ2) is 6.43. The fourth-order valence-corrected chi connectivity index (χ4v) is 3.70. The van der Waals surface area contributed by atoms with Crippen LogP contribution in [0.4, 0.5) is 5.69 Å². The molecule has 122 valence electrons. The zero-order valence-corrected chi connectivity index (χ0v) is 14.6. The van der Waals surface area contributed by atoms with E-state index in [-0.39, 0.29) is 36.1 Å². The number of anilines is 1. The minimum Gasteiger partial charge on any atom is -0.325 e. The van der Waals surface area contributed by atoms with Crippen molar-refractivity contribution in [2.45, 2.75) is 32.6 Å². The van der Waals surface area contributed by atoms with E-state index in [0.717, 1.165) is 40.6 Å². The molecule has 0 spiro atoms. The summed E-state index contributed by atoms with van der Waals surface area (Å²) < 4.78 is 0.962. The lowest BCUT2D eigenvalue weighted by Gasteiger charge is -2.19. The molecule has 1 aliphatic heterocycles. The molecule has 1 aliphatic carbocycles. The number of hydrogen-bond donors (Lipinski definition) is 1. The first-order valence-corrected chi connectivity index (χ1v) is 8.68. The largest absolute Gasteiger partial charge is 0.325 e. The van der Waals surface area contributed by atoms with Crippen LogP contribution in [0, 0.1) is 18.8 Å². The highest BCUT2D eigenvalue weighted by atomic mass is 79.9. The number of carbonyl (C=O) groups is 3. The van der Waals surface area contributed by atoms with Gasteiger partial charge in [-0.25, -0.2) is 0 Å². The minimum absolute atomic E-state index is 0.179. The molecule has 1 aromatic carbocycles. The molecule has 0 bridgehead atoms. The second-order valence-corrected chi connectivity index (χ2v) is 7.13. The van der Waals surface area contributed by atoms with Crippen molar-refractivity contribution < 1.29 is 14.4 Å². The molecule has 2 fully saturated rings. The first kappa shape index (κ1) is 16.2. The molecule has 1 saturated heterocycles. The van der Waals surface area contributed by atoms with Crippen molar-refractivity contribution in [3.8, 4) is 0 Å². The molecule has 5 nitrogen and oxygen atoms in total. The third kappa shape index (κ3) is 3.17. The first-order valence-electron chi connectivity index (χ1n) is 7.88. The maximum Gasteiger partial charge on any atom is 0.244 e. The normalized spacial score (nSPS) is 23.8. The molecule has 1 saturated carbocycles. The van der Waals surface area contributed by atoms with Crippen LogP contribution in [0.5, 0.6) is 0 Å². The number of nitrogens with zero attached hydrogens (tertiary/aromatic N) is 1. The zero-order valence-electron chi connectivity index (χ0n) is 13.0. The third-order valence-electron chi connectivity index (χ3n) is 4.68. The Balaban J connectivity index is 1.66. The van der Waals surface area contributed by atoms with Crippen LogP contribution in [0.15, 0.2) is 22.7 Å². The van der Waals surface area contributed by atoms with E-state index >= 15 is 0 Å². The molecule has 0 radical (unpaired) electrons. The molecule has 3 amide bonds. The van der Waals surface area contributed by atoms with Gasteiger partial charge in [0.25, 0.3) is 0 Å². The van der Waals surface area contributed by atoms with E-state index in [1.165, 1.54) is 0 Å². The summed E-state index contributed by atoms with van der Waals surface area (Å²) in [6, 6.07) is 5.48. The Bertz CT molecular complexity index is 650. The number of hydrogen-bond acceptors (Lipinski definition) is 3. The van der Waals surface area contributed by atoms with Crippen LogP contribution in [0.2, 0.25) is 0 Å². The average Bonchev–Trinajstić information content (AvgIpc) is 2.76. The Morgan fingerprint density at radius 3 is 2.39 bits per heavy atom. The van der Waals surface area contributed by atoms with Gasteiger partial charge in [-0.2, -0.15) is 0 Å². The van der Waals surface area contributed by atoms with Gasteiger partial charge in [-0.1, -0.05) is 28.8 Å². The van der Waals surface area contributed by atoms with Crippen LogP contribution in [-0.4, -0.2) is 29.2 Å². The Morgan fingerprint density at radius 2 is 1.83 bits per heavy atom. The number of likely N-dealkylation sites (tertiary alicyclic amines) is 1. The highest BCUT2D eigenvalue weighted by Gasteiger charge is 2.48. The summed E-state index contributed by atoms with van der Waals surface area (Å²) in [7, 11) is 0. The van der Waals surface area contributed by atoms with Crippen molar-refractivity contribution in [1.82, 2.24) is 4.90 Å². The quantitative estimate of drug-likeness (QED) is 0.822. The molecule has 1 N–H and O–H groups in total. The lowest BCUT2D eigenvalue weighted by atomic mass is 9.81. The summed E-state index contributed by atoms with van der Waals surface area (Å²) in [5.74, 6) is -1.12. The van der Waals surface area contributed by atoms with E-state index in [9.17, 15) is 14.4 Å². The molecule has 1 aromatic rings. The van der Waals surface area contributed by atoms with Gasteiger partial charge in [0.05, 0.1) is 11.8 Å².